The van der Waals surface area contributed by atoms with Crippen LogP contribution in [0.3, 0.4) is 0 Å². The Labute approximate surface area is 134 Å². The molecule has 0 N–H and O–H groups in total. The maximum atomic E-state index is 13.9. The Morgan fingerprint density at radius 1 is 1.13 bits per heavy atom. The molecule has 0 radical (unpaired) electrons. The zero-order chi connectivity index (χ0) is 16.4. The zero-order valence-electron chi connectivity index (χ0n) is 13.1. The van der Waals surface area contributed by atoms with E-state index in [1.165, 1.54) is 12.1 Å². The number of halogens is 2. The summed E-state index contributed by atoms with van der Waals surface area (Å²) in [6, 6.07) is 11.5. The summed E-state index contributed by atoms with van der Waals surface area (Å²) < 4.78 is 26.9. The normalized spacial score (nSPS) is 13.9. The van der Waals surface area contributed by atoms with Crippen LogP contribution < -0.4 is 0 Å². The van der Waals surface area contributed by atoms with Gasteiger partial charge in [0, 0.05) is 24.2 Å². The maximum absolute atomic E-state index is 13.9. The van der Waals surface area contributed by atoms with Gasteiger partial charge in [0.2, 0.25) is 5.91 Å². The lowest BCUT2D eigenvalue weighted by molar-refractivity contribution is -0.131. The summed E-state index contributed by atoms with van der Waals surface area (Å²) in [5.74, 6) is -1.21. The van der Waals surface area contributed by atoms with E-state index in [0.717, 1.165) is 30.0 Å². The first-order valence-corrected chi connectivity index (χ1v) is 7.82. The Morgan fingerprint density at radius 2 is 1.87 bits per heavy atom. The van der Waals surface area contributed by atoms with Crippen LogP contribution in [0.1, 0.15) is 29.5 Å². The molecule has 1 amide bonds. The van der Waals surface area contributed by atoms with E-state index in [1.54, 1.807) is 4.90 Å². The van der Waals surface area contributed by atoms with Crippen molar-refractivity contribution in [2.75, 3.05) is 0 Å². The van der Waals surface area contributed by atoms with E-state index in [1.807, 2.05) is 31.2 Å². The molecule has 1 aliphatic rings. The van der Waals surface area contributed by atoms with E-state index in [9.17, 15) is 13.6 Å². The predicted octanol–water partition coefficient (Wildman–Crippen LogP) is 4.01. The monoisotopic (exact) mass is 315 g/mol. The van der Waals surface area contributed by atoms with Gasteiger partial charge in [-0.2, -0.15) is 0 Å². The third-order valence-corrected chi connectivity index (χ3v) is 4.27. The minimum atomic E-state index is -0.601. The molecule has 0 unspecified atom stereocenters. The molecule has 3 rings (SSSR count). The number of rotatable bonds is 5. The van der Waals surface area contributed by atoms with Crippen LogP contribution in [0.2, 0.25) is 0 Å². The van der Waals surface area contributed by atoms with Crippen LogP contribution in [0, 0.1) is 18.6 Å². The summed E-state index contributed by atoms with van der Waals surface area (Å²) in [7, 11) is 0. The van der Waals surface area contributed by atoms with E-state index in [4.69, 9.17) is 0 Å². The molecule has 0 aliphatic heterocycles. The van der Waals surface area contributed by atoms with Gasteiger partial charge in [0.05, 0.1) is 6.42 Å². The van der Waals surface area contributed by atoms with E-state index >= 15 is 0 Å². The molecular weight excluding hydrogens is 296 g/mol. The zero-order valence-corrected chi connectivity index (χ0v) is 13.1. The lowest BCUT2D eigenvalue weighted by Crippen LogP contribution is -2.34. The molecule has 0 saturated heterocycles. The molecule has 0 spiro atoms. The molecule has 0 heterocycles. The third-order valence-electron chi connectivity index (χ3n) is 4.27. The SMILES string of the molecule is Cc1ccccc1CC(=O)N(Cc1ccc(F)cc1F)C1CC1. The number of carbonyl (C=O) groups excluding carboxylic acids is 1. The number of amides is 1. The molecule has 1 fully saturated rings. The standard InChI is InChI=1S/C19H19F2NO/c1-13-4-2-3-5-14(13)10-19(23)22(17-8-9-17)12-15-6-7-16(20)11-18(15)21/h2-7,11,17H,8-10,12H2,1H3. The first-order valence-electron chi connectivity index (χ1n) is 7.82. The van der Waals surface area contributed by atoms with Crippen molar-refractivity contribution in [2.45, 2.75) is 38.8 Å². The fraction of sp³-hybridized carbons (Fsp3) is 0.316. The second-order valence-electron chi connectivity index (χ2n) is 6.09. The highest BCUT2D eigenvalue weighted by Gasteiger charge is 2.33. The Kier molecular flexibility index (Phi) is 4.42. The van der Waals surface area contributed by atoms with E-state index in [0.29, 0.717) is 12.0 Å². The number of aryl methyl sites for hydroxylation is 1. The van der Waals surface area contributed by atoms with Crippen LogP contribution >= 0.6 is 0 Å². The van der Waals surface area contributed by atoms with Crippen molar-refractivity contribution in [2.24, 2.45) is 0 Å². The van der Waals surface area contributed by atoms with Crippen LogP contribution in [0.25, 0.3) is 0 Å². The van der Waals surface area contributed by atoms with Gasteiger partial charge in [0.15, 0.2) is 0 Å². The van der Waals surface area contributed by atoms with Crippen molar-refractivity contribution in [1.29, 1.82) is 0 Å². The number of hydrogen-bond acceptors (Lipinski definition) is 1. The van der Waals surface area contributed by atoms with Crippen LogP contribution in [0.4, 0.5) is 8.78 Å². The number of carbonyl (C=O) groups is 1. The van der Waals surface area contributed by atoms with Crippen LogP contribution in [-0.4, -0.2) is 16.8 Å². The van der Waals surface area contributed by atoms with E-state index in [-0.39, 0.29) is 18.5 Å². The van der Waals surface area contributed by atoms with Crippen molar-refractivity contribution in [1.82, 2.24) is 4.90 Å². The molecule has 2 aromatic carbocycles. The molecular formula is C19H19F2NO. The molecule has 2 nitrogen and oxygen atoms in total. The van der Waals surface area contributed by atoms with Crippen molar-refractivity contribution in [3.8, 4) is 0 Å². The minimum absolute atomic E-state index is 0.00877. The molecule has 0 atom stereocenters. The van der Waals surface area contributed by atoms with Crippen molar-refractivity contribution >= 4 is 5.91 Å². The largest absolute Gasteiger partial charge is 0.335 e. The Hall–Kier alpha value is -2.23. The van der Waals surface area contributed by atoms with E-state index < -0.39 is 11.6 Å². The van der Waals surface area contributed by atoms with Crippen molar-refractivity contribution in [3.63, 3.8) is 0 Å². The summed E-state index contributed by atoms with van der Waals surface area (Å²) in [4.78, 5) is 14.4. The van der Waals surface area contributed by atoms with Gasteiger partial charge < -0.3 is 4.90 Å². The predicted molar refractivity (Wildman–Crippen MR) is 84.8 cm³/mol. The molecule has 0 bridgehead atoms. The fourth-order valence-corrected chi connectivity index (χ4v) is 2.71. The van der Waals surface area contributed by atoms with Gasteiger partial charge in [-0.3, -0.25) is 4.79 Å². The van der Waals surface area contributed by atoms with Gasteiger partial charge in [-0.05, 0) is 37.0 Å². The summed E-state index contributed by atoms with van der Waals surface area (Å²) in [5.41, 5.74) is 2.42. The van der Waals surface area contributed by atoms with Gasteiger partial charge in [-0.15, -0.1) is 0 Å². The summed E-state index contributed by atoms with van der Waals surface area (Å²) in [6.45, 7) is 2.17. The first-order chi connectivity index (χ1) is 11.0. The molecule has 0 aromatic heterocycles. The highest BCUT2D eigenvalue weighted by atomic mass is 19.1. The van der Waals surface area contributed by atoms with Gasteiger partial charge in [0.25, 0.3) is 0 Å². The van der Waals surface area contributed by atoms with Gasteiger partial charge in [-0.25, -0.2) is 8.78 Å². The molecule has 1 saturated carbocycles. The molecule has 2 aromatic rings. The van der Waals surface area contributed by atoms with Crippen LogP contribution in [0.5, 0.6) is 0 Å². The number of hydrogen-bond donors (Lipinski definition) is 0. The highest BCUT2D eigenvalue weighted by Crippen LogP contribution is 2.29. The lowest BCUT2D eigenvalue weighted by atomic mass is 10.0. The molecule has 4 heteroatoms. The highest BCUT2D eigenvalue weighted by molar-refractivity contribution is 5.79. The second-order valence-corrected chi connectivity index (χ2v) is 6.09. The minimum Gasteiger partial charge on any atom is -0.335 e. The van der Waals surface area contributed by atoms with Gasteiger partial charge in [-0.1, -0.05) is 30.3 Å². The lowest BCUT2D eigenvalue weighted by Gasteiger charge is -2.23. The third kappa shape index (κ3) is 3.76. The Balaban J connectivity index is 1.76. The van der Waals surface area contributed by atoms with Gasteiger partial charge in [0.1, 0.15) is 11.6 Å². The second kappa shape index (κ2) is 6.49. The number of benzene rings is 2. The van der Waals surface area contributed by atoms with Crippen molar-refractivity contribution in [3.05, 3.63) is 70.8 Å². The quantitative estimate of drug-likeness (QED) is 0.816. The summed E-state index contributed by atoms with van der Waals surface area (Å²) >= 11 is 0. The average molecular weight is 315 g/mol. The molecule has 1 aliphatic carbocycles. The Morgan fingerprint density at radius 3 is 2.52 bits per heavy atom. The Bertz CT molecular complexity index is 725. The topological polar surface area (TPSA) is 20.3 Å². The smallest absolute Gasteiger partial charge is 0.227 e. The average Bonchev–Trinajstić information content (AvgIpc) is 3.33. The van der Waals surface area contributed by atoms with Crippen molar-refractivity contribution < 1.29 is 13.6 Å². The maximum Gasteiger partial charge on any atom is 0.227 e. The van der Waals surface area contributed by atoms with Crippen LogP contribution in [-0.2, 0) is 17.8 Å². The molecule has 23 heavy (non-hydrogen) atoms. The van der Waals surface area contributed by atoms with Crippen LogP contribution in [0.15, 0.2) is 42.5 Å². The molecule has 120 valence electrons. The summed E-state index contributed by atoms with van der Waals surface area (Å²) in [5, 5.41) is 0. The summed E-state index contributed by atoms with van der Waals surface area (Å²) in [6.07, 6.45) is 2.20. The first kappa shape index (κ1) is 15.7. The van der Waals surface area contributed by atoms with Gasteiger partial charge >= 0.3 is 0 Å². The van der Waals surface area contributed by atoms with E-state index in [2.05, 4.69) is 0 Å². The number of nitrogens with zero attached hydrogens (tertiary/aromatic N) is 1. The fourth-order valence-electron chi connectivity index (χ4n) is 2.71.